The summed E-state index contributed by atoms with van der Waals surface area (Å²) < 4.78 is 32.0. The second-order valence-electron chi connectivity index (χ2n) is 9.54. The maximum atomic E-state index is 13.4. The Morgan fingerprint density at radius 2 is 1.69 bits per heavy atom. The molecule has 2 aromatic rings. The fraction of sp³-hybridized carbons (Fsp3) is 0.500. The summed E-state index contributed by atoms with van der Waals surface area (Å²) in [5.74, 6) is -0.242. The molecule has 0 aromatic heterocycles. The summed E-state index contributed by atoms with van der Waals surface area (Å²) in [7, 11) is 1.65. The molecule has 35 heavy (non-hydrogen) atoms. The number of nitrogens with one attached hydrogen (secondary N) is 1. The van der Waals surface area contributed by atoms with Crippen molar-refractivity contribution in [2.45, 2.75) is 43.3 Å². The normalized spacial score (nSPS) is 19.9. The number of aliphatic hydroxyl groups excluding tert-OH is 1. The van der Waals surface area contributed by atoms with Gasteiger partial charge in [-0.05, 0) is 74.5 Å². The number of ether oxygens (including phenoxy) is 1. The van der Waals surface area contributed by atoms with E-state index >= 15 is 0 Å². The van der Waals surface area contributed by atoms with Crippen molar-refractivity contribution in [1.29, 1.82) is 0 Å². The zero-order valence-corrected chi connectivity index (χ0v) is 19.9. The van der Waals surface area contributed by atoms with Gasteiger partial charge in [-0.1, -0.05) is 12.1 Å². The first-order chi connectivity index (χ1) is 16.8. The molecule has 2 amide bonds. The highest BCUT2D eigenvalue weighted by atomic mass is 19.1. The van der Waals surface area contributed by atoms with Crippen molar-refractivity contribution in [3.05, 3.63) is 59.7 Å². The average molecular weight is 490 g/mol. The van der Waals surface area contributed by atoms with Gasteiger partial charge < -0.3 is 30.1 Å². The van der Waals surface area contributed by atoms with Crippen molar-refractivity contribution < 1.29 is 28.5 Å². The van der Waals surface area contributed by atoms with Gasteiger partial charge >= 0.3 is 6.03 Å². The van der Waals surface area contributed by atoms with E-state index in [-0.39, 0.29) is 31.6 Å². The predicted molar refractivity (Wildman–Crippen MR) is 129 cm³/mol. The molecule has 0 radical (unpaired) electrons. The van der Waals surface area contributed by atoms with E-state index in [9.17, 15) is 23.8 Å². The third kappa shape index (κ3) is 6.28. The van der Waals surface area contributed by atoms with E-state index in [0.717, 1.165) is 49.9 Å². The van der Waals surface area contributed by atoms with Gasteiger partial charge in [0.1, 0.15) is 17.4 Å². The third-order valence-corrected chi connectivity index (χ3v) is 7.26. The number of β-amino-alcohol motifs (C(OH)–C–C–N with tert-alkyl or cyclic N) is 1. The number of benzene rings is 2. The Kier molecular flexibility index (Phi) is 7.88. The van der Waals surface area contributed by atoms with Crippen LogP contribution in [0.15, 0.2) is 42.5 Å². The number of urea groups is 1. The van der Waals surface area contributed by atoms with Crippen molar-refractivity contribution in [3.8, 4) is 5.75 Å². The van der Waals surface area contributed by atoms with Gasteiger partial charge in [0.15, 0.2) is 0 Å². The summed E-state index contributed by atoms with van der Waals surface area (Å²) in [5.41, 5.74) is 0.0388. The topological polar surface area (TPSA) is 85.3 Å². The van der Waals surface area contributed by atoms with Crippen LogP contribution in [-0.2, 0) is 0 Å². The van der Waals surface area contributed by atoms with Gasteiger partial charge in [0.05, 0.1) is 18.8 Å². The summed E-state index contributed by atoms with van der Waals surface area (Å²) in [6.07, 6.45) is 1.48. The van der Waals surface area contributed by atoms with E-state index in [1.165, 1.54) is 10.5 Å². The number of carbonyl (C=O) groups excluding carboxylic acids is 1. The molecule has 1 unspecified atom stereocenters. The fourth-order valence-electron chi connectivity index (χ4n) is 5.00. The molecule has 2 aliphatic rings. The Hall–Kier alpha value is -2.75. The number of hydrogen-bond donors (Lipinski definition) is 3. The minimum Gasteiger partial charge on any atom is -0.497 e. The molecule has 3 N–H and O–H groups in total. The second kappa shape index (κ2) is 10.9. The summed E-state index contributed by atoms with van der Waals surface area (Å²) in [4.78, 5) is 16.1. The summed E-state index contributed by atoms with van der Waals surface area (Å²) in [6.45, 7) is 2.51. The van der Waals surface area contributed by atoms with Crippen LogP contribution in [0.5, 0.6) is 5.75 Å². The molecule has 9 heteroatoms. The third-order valence-electron chi connectivity index (χ3n) is 7.26. The number of aliphatic hydroxyl groups is 2. The fourth-order valence-corrected chi connectivity index (χ4v) is 5.00. The Labute approximate surface area is 204 Å². The van der Waals surface area contributed by atoms with Gasteiger partial charge in [0.2, 0.25) is 0 Å². The molecule has 1 atom stereocenters. The Morgan fingerprint density at radius 3 is 2.26 bits per heavy atom. The number of likely N-dealkylation sites (tertiary alicyclic amines) is 2. The molecule has 2 fully saturated rings. The van der Waals surface area contributed by atoms with Crippen LogP contribution in [0.25, 0.3) is 0 Å². The van der Waals surface area contributed by atoms with Crippen LogP contribution >= 0.6 is 0 Å². The molecule has 2 heterocycles. The second-order valence-corrected chi connectivity index (χ2v) is 9.54. The highest BCUT2D eigenvalue weighted by Gasteiger charge is 2.41. The number of hydrogen-bond acceptors (Lipinski definition) is 5. The largest absolute Gasteiger partial charge is 0.497 e. The highest BCUT2D eigenvalue weighted by Crippen LogP contribution is 2.31. The molecular formula is C26H33F2N3O4. The lowest BCUT2D eigenvalue weighted by Gasteiger charge is -2.43. The number of piperidine rings is 2. The Morgan fingerprint density at radius 1 is 1.09 bits per heavy atom. The standard InChI is InChI=1S/C26H33F2N3O4/c1-35-23-4-2-18(3-5-23)19-6-10-30(11-7-19)17-24(32)26(34)8-12-31(13-9-26)25(33)29-22-15-20(27)14-21(28)16-22/h2-5,14-16,19,24,32,34H,6-13,17H2,1H3,(H,29,33). The summed E-state index contributed by atoms with van der Waals surface area (Å²) in [5, 5.41) is 24.4. The summed E-state index contributed by atoms with van der Waals surface area (Å²) >= 11 is 0. The van der Waals surface area contributed by atoms with Crippen LogP contribution in [0.2, 0.25) is 0 Å². The Balaban J connectivity index is 1.23. The molecule has 2 saturated heterocycles. The van der Waals surface area contributed by atoms with Gasteiger partial charge in [-0.15, -0.1) is 0 Å². The van der Waals surface area contributed by atoms with Gasteiger partial charge in [-0.2, -0.15) is 0 Å². The lowest BCUT2D eigenvalue weighted by atomic mass is 9.84. The van der Waals surface area contributed by atoms with Gasteiger partial charge in [-0.25, -0.2) is 13.6 Å². The SMILES string of the molecule is COc1ccc(C2CCN(CC(O)C3(O)CCN(C(=O)Nc4cc(F)cc(F)c4)CC3)CC2)cc1. The number of amides is 2. The average Bonchev–Trinajstić information content (AvgIpc) is 2.84. The monoisotopic (exact) mass is 489 g/mol. The molecular weight excluding hydrogens is 456 g/mol. The van der Waals surface area contributed by atoms with Crippen LogP contribution < -0.4 is 10.1 Å². The van der Waals surface area contributed by atoms with E-state index in [1.54, 1.807) is 7.11 Å². The molecule has 0 saturated carbocycles. The minimum absolute atomic E-state index is 0.0337. The zero-order chi connectivity index (χ0) is 25.0. The lowest BCUT2D eigenvalue weighted by Crippen LogP contribution is -2.56. The number of anilines is 1. The zero-order valence-electron chi connectivity index (χ0n) is 19.9. The molecule has 2 aromatic carbocycles. The molecule has 2 aliphatic heterocycles. The molecule has 0 spiro atoms. The number of halogens is 2. The summed E-state index contributed by atoms with van der Waals surface area (Å²) in [6, 6.07) is 10.5. The first-order valence-corrected chi connectivity index (χ1v) is 12.0. The van der Waals surface area contributed by atoms with E-state index in [0.29, 0.717) is 12.5 Å². The van der Waals surface area contributed by atoms with Crippen LogP contribution in [-0.4, -0.2) is 77.6 Å². The van der Waals surface area contributed by atoms with Crippen LogP contribution in [0.4, 0.5) is 19.3 Å². The molecule has 0 bridgehead atoms. The van der Waals surface area contributed by atoms with Crippen molar-refractivity contribution in [2.75, 3.05) is 45.2 Å². The Bertz CT molecular complexity index is 984. The lowest BCUT2D eigenvalue weighted by molar-refractivity contribution is -0.113. The molecule has 0 aliphatic carbocycles. The van der Waals surface area contributed by atoms with E-state index in [4.69, 9.17) is 4.74 Å². The van der Waals surface area contributed by atoms with Gasteiger partial charge in [0.25, 0.3) is 0 Å². The van der Waals surface area contributed by atoms with Gasteiger partial charge in [-0.3, -0.25) is 0 Å². The van der Waals surface area contributed by atoms with Crippen LogP contribution in [0.3, 0.4) is 0 Å². The van der Waals surface area contributed by atoms with E-state index in [1.807, 2.05) is 12.1 Å². The maximum Gasteiger partial charge on any atom is 0.321 e. The van der Waals surface area contributed by atoms with E-state index < -0.39 is 29.4 Å². The van der Waals surface area contributed by atoms with Crippen molar-refractivity contribution in [1.82, 2.24) is 9.80 Å². The predicted octanol–water partition coefficient (Wildman–Crippen LogP) is 3.57. The molecule has 190 valence electrons. The molecule has 7 nitrogen and oxygen atoms in total. The number of rotatable bonds is 6. The van der Waals surface area contributed by atoms with Crippen molar-refractivity contribution in [3.63, 3.8) is 0 Å². The highest BCUT2D eigenvalue weighted by molar-refractivity contribution is 5.89. The quantitative estimate of drug-likeness (QED) is 0.578. The van der Waals surface area contributed by atoms with Crippen molar-refractivity contribution >= 4 is 11.7 Å². The van der Waals surface area contributed by atoms with Crippen LogP contribution in [0.1, 0.15) is 37.2 Å². The first kappa shape index (κ1) is 25.3. The molecule has 4 rings (SSSR count). The number of methoxy groups -OCH3 is 1. The van der Waals surface area contributed by atoms with E-state index in [2.05, 4.69) is 22.3 Å². The number of nitrogens with zero attached hydrogens (tertiary/aromatic N) is 2. The first-order valence-electron chi connectivity index (χ1n) is 12.0. The number of carbonyl (C=O) groups is 1. The maximum absolute atomic E-state index is 13.4. The smallest absolute Gasteiger partial charge is 0.321 e. The van der Waals surface area contributed by atoms with Crippen LogP contribution in [0, 0.1) is 11.6 Å². The van der Waals surface area contributed by atoms with Gasteiger partial charge in [0, 0.05) is 31.4 Å². The minimum atomic E-state index is -1.28. The van der Waals surface area contributed by atoms with Crippen molar-refractivity contribution in [2.24, 2.45) is 0 Å².